The first-order valence-corrected chi connectivity index (χ1v) is 6.91. The normalized spacial score (nSPS) is 12.2. The van der Waals surface area contributed by atoms with Crippen LogP contribution in [0.2, 0.25) is 5.02 Å². The molecular weight excluding hydrogens is 274 g/mol. The zero-order valence-corrected chi connectivity index (χ0v) is 12.8. The van der Waals surface area contributed by atoms with Crippen LogP contribution >= 0.6 is 11.6 Å². The standard InChI is InChI=1S/C16H18ClNO2/c1-9-11(3)20-12(4)15(9)16(19)18-10(2)13-5-7-14(17)8-6-13/h5-8,10H,1-4H3,(H,18,19). The van der Waals surface area contributed by atoms with E-state index < -0.39 is 0 Å². The predicted molar refractivity (Wildman–Crippen MR) is 80.3 cm³/mol. The topological polar surface area (TPSA) is 42.2 Å². The molecule has 1 N–H and O–H groups in total. The maximum Gasteiger partial charge on any atom is 0.255 e. The van der Waals surface area contributed by atoms with Crippen LogP contribution in [0.4, 0.5) is 0 Å². The Morgan fingerprint density at radius 2 is 1.75 bits per heavy atom. The summed E-state index contributed by atoms with van der Waals surface area (Å²) < 4.78 is 5.49. The lowest BCUT2D eigenvalue weighted by Crippen LogP contribution is -2.27. The summed E-state index contributed by atoms with van der Waals surface area (Å²) in [4.78, 5) is 12.4. The quantitative estimate of drug-likeness (QED) is 0.913. The largest absolute Gasteiger partial charge is 0.466 e. The van der Waals surface area contributed by atoms with Gasteiger partial charge < -0.3 is 9.73 Å². The number of carbonyl (C=O) groups excluding carboxylic acids is 1. The molecule has 0 spiro atoms. The van der Waals surface area contributed by atoms with Crippen LogP contribution in [0, 0.1) is 20.8 Å². The van der Waals surface area contributed by atoms with Gasteiger partial charge in [0.25, 0.3) is 5.91 Å². The van der Waals surface area contributed by atoms with E-state index in [0.29, 0.717) is 16.3 Å². The molecule has 106 valence electrons. The molecule has 3 nitrogen and oxygen atoms in total. The van der Waals surface area contributed by atoms with Crippen LogP contribution in [0.3, 0.4) is 0 Å². The highest BCUT2D eigenvalue weighted by Gasteiger charge is 2.20. The van der Waals surface area contributed by atoms with E-state index in [1.165, 1.54) is 0 Å². The molecule has 0 radical (unpaired) electrons. The third-order valence-electron chi connectivity index (χ3n) is 3.51. The van der Waals surface area contributed by atoms with Crippen molar-refractivity contribution in [2.24, 2.45) is 0 Å². The Kier molecular flexibility index (Phi) is 4.19. The number of aryl methyl sites for hydroxylation is 2. The second-order valence-electron chi connectivity index (χ2n) is 4.96. The maximum absolute atomic E-state index is 12.4. The van der Waals surface area contributed by atoms with E-state index in [4.69, 9.17) is 16.0 Å². The lowest BCUT2D eigenvalue weighted by atomic mass is 10.1. The minimum absolute atomic E-state index is 0.0891. The number of benzene rings is 1. The predicted octanol–water partition coefficient (Wildman–Crippen LogP) is 4.35. The summed E-state index contributed by atoms with van der Waals surface area (Å²) in [7, 11) is 0. The number of halogens is 1. The summed E-state index contributed by atoms with van der Waals surface area (Å²) in [5.74, 6) is 1.33. The molecular formula is C16H18ClNO2. The van der Waals surface area contributed by atoms with Crippen LogP contribution in [-0.4, -0.2) is 5.91 Å². The van der Waals surface area contributed by atoms with Gasteiger partial charge in [-0.1, -0.05) is 23.7 Å². The molecule has 0 saturated heterocycles. The second-order valence-corrected chi connectivity index (χ2v) is 5.40. The summed E-state index contributed by atoms with van der Waals surface area (Å²) in [5, 5.41) is 3.67. The first-order valence-electron chi connectivity index (χ1n) is 6.53. The van der Waals surface area contributed by atoms with Gasteiger partial charge in [0.15, 0.2) is 0 Å². The zero-order chi connectivity index (χ0) is 14.9. The number of amides is 1. The van der Waals surface area contributed by atoms with Crippen molar-refractivity contribution in [3.05, 3.63) is 57.5 Å². The van der Waals surface area contributed by atoms with Crippen LogP contribution in [0.15, 0.2) is 28.7 Å². The summed E-state index contributed by atoms with van der Waals surface area (Å²) in [5.41, 5.74) is 2.53. The Hall–Kier alpha value is -1.74. The Labute approximate surface area is 123 Å². The van der Waals surface area contributed by atoms with Crippen LogP contribution in [-0.2, 0) is 0 Å². The molecule has 1 atom stereocenters. The number of rotatable bonds is 3. The van der Waals surface area contributed by atoms with E-state index in [2.05, 4.69) is 5.32 Å². The average Bonchev–Trinajstić information content (AvgIpc) is 2.63. The van der Waals surface area contributed by atoms with E-state index in [0.717, 1.165) is 16.9 Å². The molecule has 0 saturated carbocycles. The third kappa shape index (κ3) is 2.88. The van der Waals surface area contributed by atoms with Gasteiger partial charge in [-0.3, -0.25) is 4.79 Å². The molecule has 0 bridgehead atoms. The van der Waals surface area contributed by atoms with Crippen LogP contribution in [0.25, 0.3) is 0 Å². The third-order valence-corrected chi connectivity index (χ3v) is 3.76. The molecule has 1 heterocycles. The zero-order valence-electron chi connectivity index (χ0n) is 12.1. The van der Waals surface area contributed by atoms with Crippen molar-refractivity contribution in [3.63, 3.8) is 0 Å². The Morgan fingerprint density at radius 3 is 2.25 bits per heavy atom. The van der Waals surface area contributed by atoms with Gasteiger partial charge in [0.1, 0.15) is 11.5 Å². The maximum atomic E-state index is 12.4. The van der Waals surface area contributed by atoms with Crippen molar-refractivity contribution in [2.45, 2.75) is 33.7 Å². The molecule has 4 heteroatoms. The molecule has 0 aliphatic carbocycles. The van der Waals surface area contributed by atoms with Crippen molar-refractivity contribution in [1.29, 1.82) is 0 Å². The van der Waals surface area contributed by atoms with Gasteiger partial charge in [0.2, 0.25) is 0 Å². The van der Waals surface area contributed by atoms with Gasteiger partial charge in [-0.05, 0) is 45.4 Å². The monoisotopic (exact) mass is 291 g/mol. The van der Waals surface area contributed by atoms with Crippen LogP contribution in [0.1, 0.15) is 46.0 Å². The molecule has 1 aromatic heterocycles. The first-order chi connectivity index (χ1) is 9.40. The number of hydrogen-bond acceptors (Lipinski definition) is 2. The average molecular weight is 292 g/mol. The molecule has 2 aromatic rings. The smallest absolute Gasteiger partial charge is 0.255 e. The summed E-state index contributed by atoms with van der Waals surface area (Å²) >= 11 is 5.86. The lowest BCUT2D eigenvalue weighted by Gasteiger charge is -2.14. The van der Waals surface area contributed by atoms with Gasteiger partial charge in [0, 0.05) is 10.6 Å². The molecule has 0 aliphatic heterocycles. The van der Waals surface area contributed by atoms with Gasteiger partial charge in [0.05, 0.1) is 11.6 Å². The van der Waals surface area contributed by atoms with Gasteiger partial charge in [-0.2, -0.15) is 0 Å². The van der Waals surface area contributed by atoms with Gasteiger partial charge in [-0.25, -0.2) is 0 Å². The van der Waals surface area contributed by atoms with Crippen molar-refractivity contribution < 1.29 is 9.21 Å². The number of furan rings is 1. The number of hydrogen-bond donors (Lipinski definition) is 1. The van der Waals surface area contributed by atoms with Crippen molar-refractivity contribution in [3.8, 4) is 0 Å². The van der Waals surface area contributed by atoms with Crippen LogP contribution in [0.5, 0.6) is 0 Å². The summed E-state index contributed by atoms with van der Waals surface area (Å²) in [6, 6.07) is 7.37. The molecule has 0 aliphatic rings. The molecule has 20 heavy (non-hydrogen) atoms. The molecule has 1 unspecified atom stereocenters. The Morgan fingerprint density at radius 1 is 1.15 bits per heavy atom. The van der Waals surface area contributed by atoms with Gasteiger partial charge >= 0.3 is 0 Å². The van der Waals surface area contributed by atoms with Crippen LogP contribution < -0.4 is 5.32 Å². The van der Waals surface area contributed by atoms with E-state index in [1.807, 2.05) is 52.0 Å². The molecule has 2 rings (SSSR count). The molecule has 1 aromatic carbocycles. The molecule has 1 amide bonds. The fourth-order valence-electron chi connectivity index (χ4n) is 2.23. The number of nitrogens with one attached hydrogen (secondary N) is 1. The fraction of sp³-hybridized carbons (Fsp3) is 0.312. The van der Waals surface area contributed by atoms with E-state index in [-0.39, 0.29) is 11.9 Å². The Balaban J connectivity index is 2.17. The van der Waals surface area contributed by atoms with E-state index >= 15 is 0 Å². The van der Waals surface area contributed by atoms with E-state index in [9.17, 15) is 4.79 Å². The second kappa shape index (κ2) is 5.71. The highest BCUT2D eigenvalue weighted by atomic mass is 35.5. The first kappa shape index (κ1) is 14.7. The highest BCUT2D eigenvalue weighted by Crippen LogP contribution is 2.22. The summed E-state index contributed by atoms with van der Waals surface area (Å²) in [6.45, 7) is 7.51. The SMILES string of the molecule is Cc1oc(C)c(C(=O)NC(C)c2ccc(Cl)cc2)c1C. The van der Waals surface area contributed by atoms with Gasteiger partial charge in [-0.15, -0.1) is 0 Å². The fourth-order valence-corrected chi connectivity index (χ4v) is 2.36. The van der Waals surface area contributed by atoms with Crippen molar-refractivity contribution in [1.82, 2.24) is 5.32 Å². The Bertz CT molecular complexity index is 629. The minimum Gasteiger partial charge on any atom is -0.466 e. The lowest BCUT2D eigenvalue weighted by molar-refractivity contribution is 0.0938. The van der Waals surface area contributed by atoms with Crippen molar-refractivity contribution in [2.75, 3.05) is 0 Å². The van der Waals surface area contributed by atoms with Crippen molar-refractivity contribution >= 4 is 17.5 Å². The number of carbonyl (C=O) groups is 1. The minimum atomic E-state index is -0.112. The highest BCUT2D eigenvalue weighted by molar-refractivity contribution is 6.30. The molecule has 0 fully saturated rings. The van der Waals surface area contributed by atoms with E-state index in [1.54, 1.807) is 0 Å². The summed E-state index contributed by atoms with van der Waals surface area (Å²) in [6.07, 6.45) is 0.